The van der Waals surface area contributed by atoms with Gasteiger partial charge in [0.15, 0.2) is 0 Å². The molecule has 322 valence electrons. The van der Waals surface area contributed by atoms with Crippen molar-refractivity contribution in [2.45, 2.75) is 0 Å². The van der Waals surface area contributed by atoms with Crippen molar-refractivity contribution in [2.24, 2.45) is 0 Å². The molecular formula is C64H36N6. The zero-order chi connectivity index (χ0) is 45.6. The standard InChI is InChI=1S/C64H36N6/c1-3-11-45-37(9-1)19-27-53-61(45)67-63-47-25-17-39(33-43(47)21-29-55(63)65-53)41-23-31-59-51(35-41)49-13-5-7-15-57(49)69(59)70-58-16-8-6-14-50(58)52-36-42(24-32-60(52)70)40-18-26-48-44(34-40)22-30-56-64(48)68-62-46-12-4-2-10-38(46)20-28-54(62)66-56/h1-36H. The van der Waals surface area contributed by atoms with Crippen LogP contribution in [0.1, 0.15) is 0 Å². The summed E-state index contributed by atoms with van der Waals surface area (Å²) >= 11 is 0. The Labute approximate surface area is 398 Å². The van der Waals surface area contributed by atoms with Crippen LogP contribution in [-0.2, 0) is 0 Å². The van der Waals surface area contributed by atoms with E-state index in [-0.39, 0.29) is 0 Å². The number of rotatable bonds is 3. The van der Waals surface area contributed by atoms with Gasteiger partial charge in [0.05, 0.1) is 66.2 Å². The van der Waals surface area contributed by atoms with Crippen molar-refractivity contribution in [3.63, 3.8) is 0 Å². The minimum absolute atomic E-state index is 0.903. The average molecular weight is 889 g/mol. The summed E-state index contributed by atoms with van der Waals surface area (Å²) in [6.07, 6.45) is 0. The van der Waals surface area contributed by atoms with E-state index in [4.69, 9.17) is 19.9 Å². The zero-order valence-electron chi connectivity index (χ0n) is 37.5. The Hall–Kier alpha value is -9.52. The van der Waals surface area contributed by atoms with E-state index in [0.29, 0.717) is 0 Å². The lowest BCUT2D eigenvalue weighted by Gasteiger charge is -2.14. The van der Waals surface area contributed by atoms with Crippen LogP contribution in [0.25, 0.3) is 153 Å². The molecule has 6 heteroatoms. The number of hydrogen-bond donors (Lipinski definition) is 0. The highest BCUT2D eigenvalue weighted by molar-refractivity contribution is 6.16. The van der Waals surface area contributed by atoms with E-state index in [9.17, 15) is 0 Å². The second kappa shape index (κ2) is 14.0. The van der Waals surface area contributed by atoms with Gasteiger partial charge in [0.2, 0.25) is 0 Å². The molecule has 16 aromatic rings. The largest absolute Gasteiger partial charge is 0.248 e. The van der Waals surface area contributed by atoms with Gasteiger partial charge < -0.3 is 0 Å². The molecule has 0 radical (unpaired) electrons. The Bertz CT molecular complexity index is 4650. The molecule has 16 rings (SSSR count). The van der Waals surface area contributed by atoms with Gasteiger partial charge in [-0.3, -0.25) is 0 Å². The van der Waals surface area contributed by atoms with E-state index in [1.54, 1.807) is 0 Å². The summed E-state index contributed by atoms with van der Waals surface area (Å²) in [4.78, 5) is 20.7. The van der Waals surface area contributed by atoms with Gasteiger partial charge in [-0.05, 0) is 117 Å². The Morgan fingerprint density at radius 2 is 0.543 bits per heavy atom. The molecule has 0 saturated heterocycles. The molecule has 0 spiro atoms. The van der Waals surface area contributed by atoms with Crippen LogP contribution in [0, 0.1) is 0 Å². The van der Waals surface area contributed by atoms with E-state index in [1.807, 2.05) is 0 Å². The van der Waals surface area contributed by atoms with Gasteiger partial charge >= 0.3 is 0 Å². The Kier molecular flexibility index (Phi) is 7.52. The molecule has 0 bridgehead atoms. The molecule has 0 aliphatic heterocycles. The molecule has 0 atom stereocenters. The second-order valence-electron chi connectivity index (χ2n) is 18.6. The third-order valence-corrected chi connectivity index (χ3v) is 14.8. The van der Waals surface area contributed by atoms with E-state index >= 15 is 0 Å². The highest BCUT2D eigenvalue weighted by Gasteiger charge is 2.20. The molecule has 70 heavy (non-hydrogen) atoms. The van der Waals surface area contributed by atoms with Crippen molar-refractivity contribution >= 4 is 131 Å². The van der Waals surface area contributed by atoms with Crippen molar-refractivity contribution in [3.8, 4) is 22.3 Å². The van der Waals surface area contributed by atoms with Gasteiger partial charge in [-0.1, -0.05) is 146 Å². The quantitative estimate of drug-likeness (QED) is 0.131. The van der Waals surface area contributed by atoms with Gasteiger partial charge in [-0.25, -0.2) is 29.3 Å². The lowest BCUT2D eigenvalue weighted by molar-refractivity contribution is 0.775. The molecule has 0 aliphatic carbocycles. The monoisotopic (exact) mass is 888 g/mol. The summed E-state index contributed by atoms with van der Waals surface area (Å²) in [6, 6.07) is 78.7. The van der Waals surface area contributed by atoms with Gasteiger partial charge in [0, 0.05) is 43.1 Å². The summed E-state index contributed by atoms with van der Waals surface area (Å²) in [5.41, 5.74) is 16.6. The minimum Gasteiger partial charge on any atom is -0.248 e. The van der Waals surface area contributed by atoms with Crippen LogP contribution in [0.15, 0.2) is 218 Å². The Morgan fingerprint density at radius 3 is 0.986 bits per heavy atom. The maximum Gasteiger partial charge on any atom is 0.0973 e. The molecule has 0 aliphatic rings. The van der Waals surface area contributed by atoms with Crippen LogP contribution < -0.4 is 0 Å². The molecule has 6 nitrogen and oxygen atoms in total. The third kappa shape index (κ3) is 5.33. The number of fused-ring (bicyclic) bond motifs is 18. The average Bonchev–Trinajstić information content (AvgIpc) is 3.92. The van der Waals surface area contributed by atoms with Crippen molar-refractivity contribution < 1.29 is 0 Å². The van der Waals surface area contributed by atoms with E-state index in [2.05, 4.69) is 228 Å². The van der Waals surface area contributed by atoms with Crippen molar-refractivity contribution in [2.75, 3.05) is 0 Å². The predicted octanol–water partition coefficient (Wildman–Crippen LogP) is 16.4. The van der Waals surface area contributed by atoms with Crippen molar-refractivity contribution in [3.05, 3.63) is 218 Å². The van der Waals surface area contributed by atoms with Crippen LogP contribution in [-0.4, -0.2) is 29.3 Å². The van der Waals surface area contributed by atoms with Crippen LogP contribution in [0.2, 0.25) is 0 Å². The molecule has 12 aromatic carbocycles. The summed E-state index contributed by atoms with van der Waals surface area (Å²) in [7, 11) is 0. The SMILES string of the molecule is c1ccc2c(c1)ccc1nc3ccc4cc(-c5ccc6c(c5)c5ccccc5n6-n5c6ccccc6c6cc(-c7ccc8c(ccc9nc%10ccc%11ccccc%11c%10nc98)c7)ccc65)ccc4c3nc12. The van der Waals surface area contributed by atoms with E-state index < -0.39 is 0 Å². The normalized spacial score (nSPS) is 12.3. The fourth-order valence-corrected chi connectivity index (χ4v) is 11.5. The predicted molar refractivity (Wildman–Crippen MR) is 292 cm³/mol. The third-order valence-electron chi connectivity index (χ3n) is 14.8. The molecule has 0 saturated carbocycles. The van der Waals surface area contributed by atoms with Gasteiger partial charge in [0.25, 0.3) is 0 Å². The lowest BCUT2D eigenvalue weighted by Crippen LogP contribution is -2.08. The topological polar surface area (TPSA) is 61.4 Å². The first-order valence-corrected chi connectivity index (χ1v) is 23.8. The molecule has 0 amide bonds. The smallest absolute Gasteiger partial charge is 0.0973 e. The highest BCUT2D eigenvalue weighted by atomic mass is 15.5. The number of benzene rings is 12. The maximum absolute atomic E-state index is 5.26. The maximum atomic E-state index is 5.26. The number of para-hydroxylation sites is 2. The fourth-order valence-electron chi connectivity index (χ4n) is 11.5. The number of hydrogen-bond acceptors (Lipinski definition) is 4. The summed E-state index contributed by atoms with van der Waals surface area (Å²) in [6.45, 7) is 0. The van der Waals surface area contributed by atoms with E-state index in [1.165, 1.54) is 32.3 Å². The van der Waals surface area contributed by atoms with Gasteiger partial charge in [-0.2, -0.15) is 0 Å². The first kappa shape index (κ1) is 37.6. The highest BCUT2D eigenvalue weighted by Crippen LogP contribution is 2.40. The van der Waals surface area contributed by atoms with Crippen molar-refractivity contribution in [1.82, 2.24) is 29.3 Å². The Balaban J connectivity index is 0.822. The fraction of sp³-hybridized carbons (Fsp3) is 0. The summed E-state index contributed by atoms with van der Waals surface area (Å²) in [5, 5.41) is 13.9. The molecule has 4 heterocycles. The minimum atomic E-state index is 0.903. The lowest BCUT2D eigenvalue weighted by atomic mass is 9.98. The number of aromatic nitrogens is 6. The molecule has 0 unspecified atom stereocenters. The van der Waals surface area contributed by atoms with Gasteiger partial charge in [0.1, 0.15) is 0 Å². The van der Waals surface area contributed by atoms with Crippen LogP contribution >= 0.6 is 0 Å². The summed E-state index contributed by atoms with van der Waals surface area (Å²) in [5.74, 6) is 0. The molecule has 0 N–H and O–H groups in total. The second-order valence-corrected chi connectivity index (χ2v) is 18.6. The molecule has 4 aromatic heterocycles. The Morgan fingerprint density at radius 1 is 0.214 bits per heavy atom. The van der Waals surface area contributed by atoms with Crippen LogP contribution in [0.5, 0.6) is 0 Å². The zero-order valence-corrected chi connectivity index (χ0v) is 37.5. The van der Waals surface area contributed by atoms with Crippen molar-refractivity contribution in [1.29, 1.82) is 0 Å². The first-order chi connectivity index (χ1) is 34.7. The first-order valence-electron chi connectivity index (χ1n) is 23.8. The number of nitrogens with zero attached hydrogens (tertiary/aromatic N) is 6. The van der Waals surface area contributed by atoms with E-state index in [0.717, 1.165) is 121 Å². The van der Waals surface area contributed by atoms with Crippen LogP contribution in [0.3, 0.4) is 0 Å². The summed E-state index contributed by atoms with van der Waals surface area (Å²) < 4.78 is 4.82. The van der Waals surface area contributed by atoms with Crippen LogP contribution in [0.4, 0.5) is 0 Å². The molecule has 0 fully saturated rings. The molecular weight excluding hydrogens is 853 g/mol. The van der Waals surface area contributed by atoms with Gasteiger partial charge in [-0.15, -0.1) is 0 Å².